The number of piperidine rings is 1. The molecule has 0 aliphatic carbocycles. The lowest BCUT2D eigenvalue weighted by Crippen LogP contribution is -2.50. The van der Waals surface area contributed by atoms with Crippen molar-refractivity contribution in [3.63, 3.8) is 0 Å². The number of imidazole rings is 1. The molecule has 6 heteroatoms. The van der Waals surface area contributed by atoms with Gasteiger partial charge in [0.15, 0.2) is 0 Å². The van der Waals surface area contributed by atoms with Gasteiger partial charge in [-0.15, -0.1) is 0 Å². The molecule has 0 saturated carbocycles. The quantitative estimate of drug-likeness (QED) is 0.921. The summed E-state index contributed by atoms with van der Waals surface area (Å²) in [7, 11) is 0. The molecule has 4 nitrogen and oxygen atoms in total. The van der Waals surface area contributed by atoms with Gasteiger partial charge in [0, 0.05) is 24.5 Å². The standard InChI is InChI=1S/C14H22F2N4/c15-14(16)20-9-7-18-13(20)10-19-8-2-1-5-12(19)11-4-3-6-17-11/h7,9,11-12,14,17H,1-6,8,10H2. The maximum Gasteiger partial charge on any atom is 0.319 e. The van der Waals surface area contributed by atoms with Crippen LogP contribution in [-0.4, -0.2) is 39.6 Å². The van der Waals surface area contributed by atoms with E-state index in [9.17, 15) is 8.78 Å². The molecule has 2 saturated heterocycles. The first kappa shape index (κ1) is 13.9. The second-order valence-electron chi connectivity index (χ2n) is 5.76. The largest absolute Gasteiger partial charge is 0.319 e. The minimum Gasteiger partial charge on any atom is -0.312 e. The highest BCUT2D eigenvalue weighted by molar-refractivity contribution is 4.97. The second-order valence-corrected chi connectivity index (χ2v) is 5.76. The van der Waals surface area contributed by atoms with E-state index < -0.39 is 6.55 Å². The summed E-state index contributed by atoms with van der Waals surface area (Å²) in [4.78, 5) is 6.45. The number of aromatic nitrogens is 2. The molecule has 0 bridgehead atoms. The Labute approximate surface area is 118 Å². The molecule has 20 heavy (non-hydrogen) atoms. The lowest BCUT2D eigenvalue weighted by Gasteiger charge is -2.39. The zero-order chi connectivity index (χ0) is 13.9. The van der Waals surface area contributed by atoms with Crippen molar-refractivity contribution in [2.24, 2.45) is 0 Å². The van der Waals surface area contributed by atoms with Gasteiger partial charge in [-0.25, -0.2) is 4.98 Å². The van der Waals surface area contributed by atoms with E-state index >= 15 is 0 Å². The lowest BCUT2D eigenvalue weighted by molar-refractivity contribution is 0.0569. The first-order valence-electron chi connectivity index (χ1n) is 7.53. The normalized spacial score (nSPS) is 28.4. The predicted molar refractivity (Wildman–Crippen MR) is 72.6 cm³/mol. The third-order valence-corrected chi connectivity index (χ3v) is 4.53. The number of rotatable bonds is 4. The molecule has 112 valence electrons. The molecule has 0 amide bonds. The molecule has 2 unspecified atom stereocenters. The Balaban J connectivity index is 1.71. The number of likely N-dealkylation sites (tertiary alicyclic amines) is 1. The molecular weight excluding hydrogens is 262 g/mol. The summed E-state index contributed by atoms with van der Waals surface area (Å²) in [5.41, 5.74) is 0. The third-order valence-electron chi connectivity index (χ3n) is 4.53. The topological polar surface area (TPSA) is 33.1 Å². The van der Waals surface area contributed by atoms with E-state index in [0.717, 1.165) is 30.5 Å². The molecule has 0 spiro atoms. The van der Waals surface area contributed by atoms with Crippen molar-refractivity contribution in [1.82, 2.24) is 19.8 Å². The molecule has 1 aromatic rings. The summed E-state index contributed by atoms with van der Waals surface area (Å²) in [5, 5.41) is 3.56. The van der Waals surface area contributed by atoms with E-state index in [0.29, 0.717) is 24.5 Å². The molecule has 1 aromatic heterocycles. The highest BCUT2D eigenvalue weighted by Gasteiger charge is 2.32. The fraction of sp³-hybridized carbons (Fsp3) is 0.786. The number of halogens is 2. The van der Waals surface area contributed by atoms with E-state index in [1.54, 1.807) is 0 Å². The molecule has 2 atom stereocenters. The van der Waals surface area contributed by atoms with Crippen molar-refractivity contribution < 1.29 is 8.78 Å². The van der Waals surface area contributed by atoms with Crippen LogP contribution in [0, 0.1) is 0 Å². The molecular formula is C14H22F2N4. The lowest BCUT2D eigenvalue weighted by atomic mass is 9.94. The highest BCUT2D eigenvalue weighted by Crippen LogP contribution is 2.26. The van der Waals surface area contributed by atoms with Crippen molar-refractivity contribution in [3.8, 4) is 0 Å². The first-order valence-corrected chi connectivity index (χ1v) is 7.53. The van der Waals surface area contributed by atoms with Gasteiger partial charge in [0.2, 0.25) is 0 Å². The van der Waals surface area contributed by atoms with Crippen molar-refractivity contribution in [3.05, 3.63) is 18.2 Å². The fourth-order valence-electron chi connectivity index (χ4n) is 3.53. The highest BCUT2D eigenvalue weighted by atomic mass is 19.3. The molecule has 2 aliphatic rings. The first-order chi connectivity index (χ1) is 9.75. The fourth-order valence-corrected chi connectivity index (χ4v) is 3.53. The van der Waals surface area contributed by atoms with Gasteiger partial charge >= 0.3 is 6.55 Å². The minimum absolute atomic E-state index is 0.467. The van der Waals surface area contributed by atoms with Crippen LogP contribution in [0.15, 0.2) is 12.4 Å². The number of nitrogens with one attached hydrogen (secondary N) is 1. The Morgan fingerprint density at radius 3 is 2.95 bits per heavy atom. The zero-order valence-corrected chi connectivity index (χ0v) is 11.6. The van der Waals surface area contributed by atoms with Crippen LogP contribution in [0.1, 0.15) is 44.5 Å². The Hall–Kier alpha value is -1.01. The molecule has 2 fully saturated rings. The number of alkyl halides is 2. The summed E-state index contributed by atoms with van der Waals surface area (Å²) in [6, 6.07) is 0.985. The van der Waals surface area contributed by atoms with Crippen molar-refractivity contribution in [1.29, 1.82) is 0 Å². The molecule has 2 aliphatic heterocycles. The monoisotopic (exact) mass is 284 g/mol. The third kappa shape index (κ3) is 2.86. The smallest absolute Gasteiger partial charge is 0.312 e. The molecule has 1 N–H and O–H groups in total. The van der Waals surface area contributed by atoms with Gasteiger partial charge in [-0.05, 0) is 38.8 Å². The van der Waals surface area contributed by atoms with Gasteiger partial charge in [-0.3, -0.25) is 9.47 Å². The van der Waals surface area contributed by atoms with Crippen molar-refractivity contribution >= 4 is 0 Å². The van der Waals surface area contributed by atoms with Crippen LogP contribution in [0.3, 0.4) is 0 Å². The Morgan fingerprint density at radius 1 is 1.30 bits per heavy atom. The number of nitrogens with zero attached hydrogens (tertiary/aromatic N) is 3. The summed E-state index contributed by atoms with van der Waals surface area (Å²) < 4.78 is 26.8. The minimum atomic E-state index is -2.50. The average molecular weight is 284 g/mol. The summed E-state index contributed by atoms with van der Waals surface area (Å²) in [6.07, 6.45) is 8.81. The van der Waals surface area contributed by atoms with Gasteiger partial charge in [0.25, 0.3) is 0 Å². The van der Waals surface area contributed by atoms with Crippen molar-refractivity contribution in [2.75, 3.05) is 13.1 Å². The Morgan fingerprint density at radius 2 is 2.20 bits per heavy atom. The maximum absolute atomic E-state index is 12.9. The van der Waals surface area contributed by atoms with Crippen LogP contribution in [-0.2, 0) is 6.54 Å². The van der Waals surface area contributed by atoms with E-state index in [-0.39, 0.29) is 0 Å². The van der Waals surface area contributed by atoms with Crippen LogP contribution in [0.4, 0.5) is 8.78 Å². The van der Waals surface area contributed by atoms with Gasteiger partial charge in [-0.2, -0.15) is 8.78 Å². The van der Waals surface area contributed by atoms with Gasteiger partial charge in [0.05, 0.1) is 6.54 Å². The van der Waals surface area contributed by atoms with Gasteiger partial charge in [-0.1, -0.05) is 6.42 Å². The second kappa shape index (κ2) is 6.18. The van der Waals surface area contributed by atoms with E-state index in [1.807, 2.05) is 0 Å². The summed E-state index contributed by atoms with van der Waals surface area (Å²) in [6.45, 7) is 0.0973. The average Bonchev–Trinajstić information content (AvgIpc) is 3.09. The molecule has 3 heterocycles. The predicted octanol–water partition coefficient (Wildman–Crippen LogP) is 2.38. The summed E-state index contributed by atoms with van der Waals surface area (Å²) >= 11 is 0. The van der Waals surface area contributed by atoms with Crippen molar-refractivity contribution in [2.45, 2.75) is 57.3 Å². The maximum atomic E-state index is 12.9. The number of hydrogen-bond acceptors (Lipinski definition) is 3. The molecule has 0 aromatic carbocycles. The SMILES string of the molecule is FC(F)n1ccnc1CN1CCCCC1C1CCCN1. The van der Waals surface area contributed by atoms with E-state index in [4.69, 9.17) is 0 Å². The Bertz CT molecular complexity index is 429. The van der Waals surface area contributed by atoms with Crippen LogP contribution >= 0.6 is 0 Å². The molecule has 3 rings (SSSR count). The zero-order valence-electron chi connectivity index (χ0n) is 11.6. The Kier molecular flexibility index (Phi) is 4.31. The van der Waals surface area contributed by atoms with Crippen LogP contribution < -0.4 is 5.32 Å². The molecule has 0 radical (unpaired) electrons. The van der Waals surface area contributed by atoms with Gasteiger partial charge < -0.3 is 5.32 Å². The van der Waals surface area contributed by atoms with Gasteiger partial charge in [0.1, 0.15) is 5.82 Å². The van der Waals surface area contributed by atoms with Crippen LogP contribution in [0.5, 0.6) is 0 Å². The van der Waals surface area contributed by atoms with E-state index in [2.05, 4.69) is 15.2 Å². The van der Waals surface area contributed by atoms with E-state index in [1.165, 1.54) is 31.7 Å². The van der Waals surface area contributed by atoms with Crippen LogP contribution in [0.25, 0.3) is 0 Å². The number of hydrogen-bond donors (Lipinski definition) is 1. The van der Waals surface area contributed by atoms with Crippen LogP contribution in [0.2, 0.25) is 0 Å². The summed E-state index contributed by atoms with van der Waals surface area (Å²) in [5.74, 6) is 0.477.